The lowest BCUT2D eigenvalue weighted by Gasteiger charge is -2.31. The molecule has 0 fully saturated rings. The number of nitrogens with one attached hydrogen (secondary N) is 1. The van der Waals surface area contributed by atoms with E-state index in [-0.39, 0.29) is 17.6 Å². The fraction of sp³-hybridized carbons (Fsp3) is 0.647. The van der Waals surface area contributed by atoms with Crippen molar-refractivity contribution in [1.82, 2.24) is 5.32 Å². The molecule has 1 N–H and O–H groups in total. The van der Waals surface area contributed by atoms with Crippen LogP contribution in [0.1, 0.15) is 39.0 Å². The minimum absolute atomic E-state index is 0.0373. The fourth-order valence-electron chi connectivity index (χ4n) is 3.36. The Labute approximate surface area is 128 Å². The van der Waals surface area contributed by atoms with E-state index in [2.05, 4.69) is 30.7 Å². The van der Waals surface area contributed by atoms with Gasteiger partial charge in [-0.3, -0.25) is 9.59 Å². The quantitative estimate of drug-likeness (QED) is 0.812. The highest BCUT2D eigenvalue weighted by molar-refractivity contribution is 6.81. The smallest absolute Gasteiger partial charge is 0.223 e. The van der Waals surface area contributed by atoms with E-state index in [1.807, 2.05) is 6.92 Å². The van der Waals surface area contributed by atoms with Gasteiger partial charge in [0.05, 0.1) is 8.07 Å². The summed E-state index contributed by atoms with van der Waals surface area (Å²) in [5.74, 6) is 0.0725. The summed E-state index contributed by atoms with van der Waals surface area (Å²) < 4.78 is 0. The van der Waals surface area contributed by atoms with Gasteiger partial charge in [-0.25, -0.2) is 0 Å². The molecule has 1 unspecified atom stereocenters. The van der Waals surface area contributed by atoms with E-state index in [9.17, 15) is 9.59 Å². The molecule has 0 radical (unpaired) electrons. The largest absolute Gasteiger partial charge is 0.356 e. The van der Waals surface area contributed by atoms with Crippen molar-refractivity contribution in [2.75, 3.05) is 6.54 Å². The van der Waals surface area contributed by atoms with Gasteiger partial charge < -0.3 is 5.32 Å². The van der Waals surface area contributed by atoms with Crippen LogP contribution in [0.3, 0.4) is 0 Å². The molecule has 0 spiro atoms. The summed E-state index contributed by atoms with van der Waals surface area (Å²) in [6.45, 7) is 9.51. The van der Waals surface area contributed by atoms with Gasteiger partial charge in [0.1, 0.15) is 0 Å². The van der Waals surface area contributed by atoms with Crippen LogP contribution in [0.2, 0.25) is 19.6 Å². The molecule has 1 amide bonds. The van der Waals surface area contributed by atoms with Gasteiger partial charge in [-0.2, -0.15) is 0 Å². The molecule has 0 saturated heterocycles. The zero-order valence-electron chi connectivity index (χ0n) is 13.7. The van der Waals surface area contributed by atoms with Crippen molar-refractivity contribution >= 4 is 19.8 Å². The SMILES string of the molecule is CCNC(=O)C1CC(=O)C2=C(C1)/C(=C\[Si](C)(C)C)CCC2. The molecule has 0 aromatic carbocycles. The van der Waals surface area contributed by atoms with Crippen LogP contribution in [0.15, 0.2) is 22.4 Å². The van der Waals surface area contributed by atoms with Gasteiger partial charge >= 0.3 is 0 Å². The maximum Gasteiger partial charge on any atom is 0.223 e. The first-order valence-corrected chi connectivity index (χ1v) is 11.6. The first kappa shape index (κ1) is 16.2. The number of carbonyl (C=O) groups is 2. The van der Waals surface area contributed by atoms with Gasteiger partial charge in [0.15, 0.2) is 5.78 Å². The number of allylic oxidation sites excluding steroid dienone is 3. The summed E-state index contributed by atoms with van der Waals surface area (Å²) in [6, 6.07) is 0. The van der Waals surface area contributed by atoms with E-state index in [1.54, 1.807) is 0 Å². The van der Waals surface area contributed by atoms with E-state index < -0.39 is 8.07 Å². The summed E-state index contributed by atoms with van der Waals surface area (Å²) in [7, 11) is -1.32. The molecule has 0 bridgehead atoms. The van der Waals surface area contributed by atoms with Crippen LogP contribution >= 0.6 is 0 Å². The Morgan fingerprint density at radius 3 is 2.57 bits per heavy atom. The Hall–Kier alpha value is -1.16. The van der Waals surface area contributed by atoms with E-state index in [0.717, 1.165) is 31.3 Å². The fourth-order valence-corrected chi connectivity index (χ4v) is 4.73. The molecule has 0 aromatic rings. The zero-order chi connectivity index (χ0) is 15.6. The van der Waals surface area contributed by atoms with Gasteiger partial charge in [-0.1, -0.05) is 30.9 Å². The van der Waals surface area contributed by atoms with Gasteiger partial charge in [0.25, 0.3) is 0 Å². The minimum Gasteiger partial charge on any atom is -0.356 e. The molecule has 0 saturated carbocycles. The molecular weight excluding hydrogens is 278 g/mol. The number of hydrogen-bond acceptors (Lipinski definition) is 2. The lowest BCUT2D eigenvalue weighted by atomic mass is 9.74. The summed E-state index contributed by atoms with van der Waals surface area (Å²) in [4.78, 5) is 24.5. The minimum atomic E-state index is -1.32. The number of ketones is 1. The predicted octanol–water partition coefficient (Wildman–Crippen LogP) is 3.39. The summed E-state index contributed by atoms with van der Waals surface area (Å²) >= 11 is 0. The molecule has 116 valence electrons. The molecule has 3 nitrogen and oxygen atoms in total. The maximum absolute atomic E-state index is 12.4. The van der Waals surface area contributed by atoms with Gasteiger partial charge in [0.2, 0.25) is 5.91 Å². The van der Waals surface area contributed by atoms with Gasteiger partial charge in [0, 0.05) is 18.9 Å². The zero-order valence-corrected chi connectivity index (χ0v) is 14.7. The van der Waals surface area contributed by atoms with Crippen LogP contribution in [0, 0.1) is 5.92 Å². The van der Waals surface area contributed by atoms with Crippen LogP contribution in [0.25, 0.3) is 0 Å². The van der Waals surface area contributed by atoms with E-state index >= 15 is 0 Å². The van der Waals surface area contributed by atoms with Crippen molar-refractivity contribution < 1.29 is 9.59 Å². The maximum atomic E-state index is 12.4. The highest BCUT2D eigenvalue weighted by atomic mass is 28.3. The average Bonchev–Trinajstić information content (AvgIpc) is 2.38. The average molecular weight is 305 g/mol. The molecule has 21 heavy (non-hydrogen) atoms. The van der Waals surface area contributed by atoms with Crippen molar-refractivity contribution in [2.24, 2.45) is 5.92 Å². The Morgan fingerprint density at radius 2 is 1.95 bits per heavy atom. The van der Waals surface area contributed by atoms with Gasteiger partial charge in [-0.15, -0.1) is 0 Å². The van der Waals surface area contributed by atoms with Crippen molar-refractivity contribution in [1.29, 1.82) is 0 Å². The lowest BCUT2D eigenvalue weighted by Crippen LogP contribution is -2.35. The van der Waals surface area contributed by atoms with Crippen molar-refractivity contribution in [3.05, 3.63) is 22.4 Å². The van der Waals surface area contributed by atoms with Crippen LogP contribution in [-0.2, 0) is 9.59 Å². The van der Waals surface area contributed by atoms with Crippen LogP contribution in [-0.4, -0.2) is 26.3 Å². The third kappa shape index (κ3) is 3.94. The molecule has 1 atom stereocenters. The molecule has 0 aromatic heterocycles. The van der Waals surface area contributed by atoms with Crippen LogP contribution in [0.4, 0.5) is 0 Å². The first-order chi connectivity index (χ1) is 9.81. The Bertz CT molecular complexity index is 511. The van der Waals surface area contributed by atoms with Gasteiger partial charge in [-0.05, 0) is 43.8 Å². The predicted molar refractivity (Wildman–Crippen MR) is 88.7 cm³/mol. The highest BCUT2D eigenvalue weighted by Gasteiger charge is 2.34. The van der Waals surface area contributed by atoms with E-state index in [0.29, 0.717) is 13.0 Å². The summed E-state index contributed by atoms with van der Waals surface area (Å²) in [5.41, 5.74) is 6.01. The van der Waals surface area contributed by atoms with Crippen molar-refractivity contribution in [3.63, 3.8) is 0 Å². The summed E-state index contributed by atoms with van der Waals surface area (Å²) in [5, 5.41) is 2.87. The second kappa shape index (κ2) is 6.30. The Morgan fingerprint density at radius 1 is 1.24 bits per heavy atom. The van der Waals surface area contributed by atoms with Crippen molar-refractivity contribution in [3.8, 4) is 0 Å². The normalized spacial score (nSPS) is 25.0. The Kier molecular flexibility index (Phi) is 4.87. The highest BCUT2D eigenvalue weighted by Crippen LogP contribution is 2.40. The number of amides is 1. The lowest BCUT2D eigenvalue weighted by molar-refractivity contribution is -0.128. The van der Waals surface area contributed by atoms with E-state index in [1.165, 1.54) is 11.1 Å². The molecule has 0 aliphatic heterocycles. The standard InChI is InChI=1S/C17H27NO2Si/c1-5-18-17(20)13-9-15-12(11-21(2,3)4)7-6-8-14(15)16(19)10-13/h11,13H,5-10H2,1-4H3,(H,18,20)/b12-11-. The molecule has 0 heterocycles. The number of hydrogen-bond donors (Lipinski definition) is 1. The summed E-state index contributed by atoms with van der Waals surface area (Å²) in [6.07, 6.45) is 4.19. The second-order valence-corrected chi connectivity index (χ2v) is 12.3. The number of rotatable bonds is 3. The molecule has 4 heteroatoms. The molecule has 2 aliphatic carbocycles. The molecule has 2 aliphatic rings. The van der Waals surface area contributed by atoms with Crippen molar-refractivity contribution in [2.45, 2.75) is 58.7 Å². The number of Topliss-reactive ketones (excluding diaryl/α,β-unsaturated/α-hetero) is 1. The number of carbonyl (C=O) groups excluding carboxylic acids is 2. The first-order valence-electron chi connectivity index (χ1n) is 8.07. The van der Waals surface area contributed by atoms with Crippen LogP contribution < -0.4 is 5.32 Å². The van der Waals surface area contributed by atoms with Crippen LogP contribution in [0.5, 0.6) is 0 Å². The van der Waals surface area contributed by atoms with E-state index in [4.69, 9.17) is 0 Å². The molecule has 2 rings (SSSR count). The monoisotopic (exact) mass is 305 g/mol. The third-order valence-electron chi connectivity index (χ3n) is 4.17. The second-order valence-electron chi connectivity index (χ2n) is 7.27. The molecular formula is C17H27NO2Si. The third-order valence-corrected chi connectivity index (χ3v) is 5.39. The topological polar surface area (TPSA) is 46.2 Å². The Balaban J connectivity index is 2.31.